The summed E-state index contributed by atoms with van der Waals surface area (Å²) in [6.45, 7) is -0.436. The number of halogens is 1. The molecular weight excluding hydrogens is 362 g/mol. The average Bonchev–Trinajstić information content (AvgIpc) is 2.97. The summed E-state index contributed by atoms with van der Waals surface area (Å²) in [5.74, 6) is -1.14. The van der Waals surface area contributed by atoms with Gasteiger partial charge in [0.15, 0.2) is 6.61 Å². The molecule has 1 amide bonds. The van der Waals surface area contributed by atoms with Gasteiger partial charge in [-0.25, -0.2) is 9.78 Å². The zero-order chi connectivity index (χ0) is 17.8. The lowest BCUT2D eigenvalue weighted by Crippen LogP contribution is -2.21. The van der Waals surface area contributed by atoms with E-state index in [1.807, 2.05) is 0 Å². The normalized spacial score (nSPS) is 12.8. The zero-order valence-corrected chi connectivity index (χ0v) is 14.7. The molecule has 128 valence electrons. The van der Waals surface area contributed by atoms with Crippen LogP contribution in [0.1, 0.15) is 39.2 Å². The van der Waals surface area contributed by atoms with Gasteiger partial charge in [0.2, 0.25) is 0 Å². The fourth-order valence-corrected chi connectivity index (χ4v) is 4.01. The molecule has 1 aliphatic rings. The number of fused-ring (bicyclic) bond motifs is 1. The smallest absolute Gasteiger partial charge is 0.340 e. The van der Waals surface area contributed by atoms with E-state index in [0.29, 0.717) is 10.6 Å². The first-order valence-corrected chi connectivity index (χ1v) is 8.91. The average molecular weight is 376 g/mol. The van der Waals surface area contributed by atoms with Crippen molar-refractivity contribution in [1.29, 1.82) is 5.26 Å². The molecule has 1 aliphatic carbocycles. The first-order chi connectivity index (χ1) is 12.1. The predicted molar refractivity (Wildman–Crippen MR) is 93.8 cm³/mol. The summed E-state index contributed by atoms with van der Waals surface area (Å²) in [4.78, 5) is 28.9. The number of ether oxygens (including phenoxy) is 1. The van der Waals surface area contributed by atoms with Crippen molar-refractivity contribution in [2.75, 3.05) is 11.9 Å². The number of thiophene rings is 1. The van der Waals surface area contributed by atoms with Crippen molar-refractivity contribution in [1.82, 2.24) is 4.98 Å². The molecule has 0 aromatic carbocycles. The van der Waals surface area contributed by atoms with Crippen LogP contribution in [0.4, 0.5) is 5.00 Å². The number of esters is 1. The van der Waals surface area contributed by atoms with E-state index in [9.17, 15) is 14.9 Å². The summed E-state index contributed by atoms with van der Waals surface area (Å²) in [5, 5.41) is 12.8. The second kappa shape index (κ2) is 7.64. The Morgan fingerprint density at radius 2 is 2.16 bits per heavy atom. The van der Waals surface area contributed by atoms with E-state index in [2.05, 4.69) is 16.4 Å². The standard InChI is InChI=1S/C17H14ClN3O3S/c18-14-6-5-10(8-20-14)17(23)24-9-15(22)21-16-12(7-19)11-3-1-2-4-13(11)25-16/h5-6,8H,1-4,9H2,(H,21,22). The molecule has 0 unspecified atom stereocenters. The van der Waals surface area contributed by atoms with Crippen LogP contribution in [0.3, 0.4) is 0 Å². The Balaban J connectivity index is 1.61. The molecule has 3 rings (SSSR count). The number of aromatic nitrogens is 1. The van der Waals surface area contributed by atoms with Gasteiger partial charge in [-0.1, -0.05) is 11.6 Å². The van der Waals surface area contributed by atoms with Crippen LogP contribution in [-0.4, -0.2) is 23.5 Å². The molecule has 0 spiro atoms. The minimum Gasteiger partial charge on any atom is -0.452 e. The Hall–Kier alpha value is -2.43. The van der Waals surface area contributed by atoms with E-state index in [0.717, 1.165) is 36.1 Å². The van der Waals surface area contributed by atoms with Crippen molar-refractivity contribution in [3.05, 3.63) is 45.1 Å². The number of hydrogen-bond acceptors (Lipinski definition) is 6. The van der Waals surface area contributed by atoms with E-state index < -0.39 is 18.5 Å². The molecule has 0 aliphatic heterocycles. The molecule has 25 heavy (non-hydrogen) atoms. The maximum atomic E-state index is 12.1. The first kappa shape index (κ1) is 17.4. The second-order valence-corrected chi connectivity index (χ2v) is 7.01. The molecule has 6 nitrogen and oxygen atoms in total. The summed E-state index contributed by atoms with van der Waals surface area (Å²) >= 11 is 7.08. The minimum absolute atomic E-state index is 0.210. The highest BCUT2D eigenvalue weighted by atomic mass is 35.5. The van der Waals surface area contributed by atoms with Gasteiger partial charge in [-0.05, 0) is 43.4 Å². The maximum Gasteiger partial charge on any atom is 0.340 e. The van der Waals surface area contributed by atoms with Crippen LogP contribution in [0.5, 0.6) is 0 Å². The quantitative estimate of drug-likeness (QED) is 0.653. The lowest BCUT2D eigenvalue weighted by molar-refractivity contribution is -0.119. The fraction of sp³-hybridized carbons (Fsp3) is 0.294. The molecule has 0 atom stereocenters. The molecule has 8 heteroatoms. The molecule has 0 fully saturated rings. The number of pyridine rings is 1. The first-order valence-electron chi connectivity index (χ1n) is 7.71. The Morgan fingerprint density at radius 1 is 1.36 bits per heavy atom. The Kier molecular flexibility index (Phi) is 5.31. The number of hydrogen-bond donors (Lipinski definition) is 1. The van der Waals surface area contributed by atoms with Gasteiger partial charge in [0, 0.05) is 11.1 Å². The van der Waals surface area contributed by atoms with Gasteiger partial charge < -0.3 is 10.1 Å². The monoisotopic (exact) mass is 375 g/mol. The molecular formula is C17H14ClN3O3S. The predicted octanol–water partition coefficient (Wildman–Crippen LogP) is 3.34. The number of rotatable bonds is 4. The molecule has 2 aromatic rings. The highest BCUT2D eigenvalue weighted by Gasteiger charge is 2.22. The highest BCUT2D eigenvalue weighted by Crippen LogP contribution is 2.37. The number of carbonyl (C=O) groups is 2. The van der Waals surface area contributed by atoms with Gasteiger partial charge in [0.25, 0.3) is 5.91 Å². The van der Waals surface area contributed by atoms with Crippen LogP contribution >= 0.6 is 22.9 Å². The summed E-state index contributed by atoms with van der Waals surface area (Å²) in [6, 6.07) is 5.11. The topological polar surface area (TPSA) is 92.1 Å². The summed E-state index contributed by atoms with van der Waals surface area (Å²) in [5.41, 5.74) is 1.78. The molecule has 0 saturated carbocycles. The van der Waals surface area contributed by atoms with Crippen molar-refractivity contribution < 1.29 is 14.3 Å². The number of carbonyl (C=O) groups excluding carboxylic acids is 2. The summed E-state index contributed by atoms with van der Waals surface area (Å²) < 4.78 is 4.97. The van der Waals surface area contributed by atoms with Gasteiger partial charge in [0.1, 0.15) is 16.2 Å². The Bertz CT molecular complexity index is 855. The van der Waals surface area contributed by atoms with Crippen molar-refractivity contribution in [2.45, 2.75) is 25.7 Å². The maximum absolute atomic E-state index is 12.1. The molecule has 2 aromatic heterocycles. The van der Waals surface area contributed by atoms with E-state index in [4.69, 9.17) is 16.3 Å². The van der Waals surface area contributed by atoms with Crippen LogP contribution in [0, 0.1) is 11.3 Å². The minimum atomic E-state index is -0.662. The third kappa shape index (κ3) is 3.98. The van der Waals surface area contributed by atoms with Gasteiger partial charge in [-0.15, -0.1) is 11.3 Å². The largest absolute Gasteiger partial charge is 0.452 e. The van der Waals surface area contributed by atoms with Crippen LogP contribution in [0.2, 0.25) is 5.15 Å². The number of nitriles is 1. The zero-order valence-electron chi connectivity index (χ0n) is 13.2. The van der Waals surface area contributed by atoms with Crippen LogP contribution in [-0.2, 0) is 22.4 Å². The van der Waals surface area contributed by atoms with Crippen molar-refractivity contribution in [3.8, 4) is 6.07 Å². The molecule has 2 heterocycles. The van der Waals surface area contributed by atoms with Crippen LogP contribution in [0.15, 0.2) is 18.3 Å². The number of anilines is 1. The number of aryl methyl sites for hydroxylation is 1. The molecule has 0 saturated heterocycles. The van der Waals surface area contributed by atoms with E-state index in [1.165, 1.54) is 29.7 Å². The molecule has 0 radical (unpaired) electrons. The second-order valence-electron chi connectivity index (χ2n) is 5.52. The third-order valence-corrected chi connectivity index (χ3v) is 5.26. The Labute approximate surface area is 153 Å². The Morgan fingerprint density at radius 3 is 2.88 bits per heavy atom. The number of amides is 1. The van der Waals surface area contributed by atoms with Gasteiger partial charge in [-0.3, -0.25) is 4.79 Å². The van der Waals surface area contributed by atoms with Gasteiger partial charge >= 0.3 is 5.97 Å². The lowest BCUT2D eigenvalue weighted by Gasteiger charge is -2.09. The molecule has 0 bridgehead atoms. The van der Waals surface area contributed by atoms with Crippen molar-refractivity contribution >= 4 is 39.8 Å². The summed E-state index contributed by atoms with van der Waals surface area (Å²) in [7, 11) is 0. The number of nitrogens with one attached hydrogen (secondary N) is 1. The highest BCUT2D eigenvalue weighted by molar-refractivity contribution is 7.16. The van der Waals surface area contributed by atoms with Gasteiger partial charge in [-0.2, -0.15) is 5.26 Å². The summed E-state index contributed by atoms with van der Waals surface area (Å²) in [6.07, 6.45) is 5.23. The van der Waals surface area contributed by atoms with E-state index in [1.54, 1.807) is 0 Å². The third-order valence-electron chi connectivity index (χ3n) is 3.83. The number of nitrogens with zero attached hydrogens (tertiary/aromatic N) is 2. The van der Waals surface area contributed by atoms with Crippen LogP contribution < -0.4 is 5.32 Å². The van der Waals surface area contributed by atoms with Crippen molar-refractivity contribution in [3.63, 3.8) is 0 Å². The fourth-order valence-electron chi connectivity index (χ4n) is 2.65. The van der Waals surface area contributed by atoms with E-state index in [-0.39, 0.29) is 10.7 Å². The SMILES string of the molecule is N#Cc1c(NC(=O)COC(=O)c2ccc(Cl)nc2)sc2c1CCCC2. The van der Waals surface area contributed by atoms with Crippen LogP contribution in [0.25, 0.3) is 0 Å². The van der Waals surface area contributed by atoms with E-state index >= 15 is 0 Å². The van der Waals surface area contributed by atoms with Crippen molar-refractivity contribution in [2.24, 2.45) is 0 Å². The lowest BCUT2D eigenvalue weighted by atomic mass is 9.96. The van der Waals surface area contributed by atoms with Gasteiger partial charge in [0.05, 0.1) is 11.1 Å². The molecule has 1 N–H and O–H groups in total.